The Morgan fingerprint density at radius 1 is 1.21 bits per heavy atom. The van der Waals surface area contributed by atoms with Gasteiger partial charge in [-0.1, -0.05) is 6.07 Å². The minimum Gasteiger partial charge on any atom is -0.481 e. The van der Waals surface area contributed by atoms with E-state index in [9.17, 15) is 8.42 Å². The quantitative estimate of drug-likeness (QED) is 0.749. The van der Waals surface area contributed by atoms with E-state index in [2.05, 4.69) is 15.2 Å². The summed E-state index contributed by atoms with van der Waals surface area (Å²) in [5, 5.41) is 8.48. The topological polar surface area (TPSA) is 93.5 Å². The molecule has 0 spiro atoms. The van der Waals surface area contributed by atoms with Gasteiger partial charge in [0, 0.05) is 24.8 Å². The molecular weight excluding hydrogens is 332 g/mol. The summed E-state index contributed by atoms with van der Waals surface area (Å²) in [7, 11) is -1.86. The third-order valence-electron chi connectivity index (χ3n) is 4.09. The van der Waals surface area contributed by atoms with Crippen molar-refractivity contribution in [3.05, 3.63) is 23.4 Å². The van der Waals surface area contributed by atoms with Crippen LogP contribution in [0.3, 0.4) is 0 Å². The minimum absolute atomic E-state index is 0.0809. The molecule has 3 rings (SSSR count). The maximum atomic E-state index is 11.2. The minimum atomic E-state index is -3.44. The van der Waals surface area contributed by atoms with Gasteiger partial charge in [-0.2, -0.15) is 13.5 Å². The van der Waals surface area contributed by atoms with E-state index in [1.165, 1.54) is 0 Å². The number of aryl methyl sites for hydroxylation is 1. The van der Waals surface area contributed by atoms with Crippen molar-refractivity contribution < 1.29 is 17.3 Å². The fourth-order valence-corrected chi connectivity index (χ4v) is 3.56. The van der Waals surface area contributed by atoms with Gasteiger partial charge in [0.25, 0.3) is 10.1 Å². The van der Waals surface area contributed by atoms with Crippen molar-refractivity contribution in [2.45, 2.75) is 25.9 Å². The molecule has 0 radical (unpaired) electrons. The van der Waals surface area contributed by atoms with Crippen LogP contribution >= 0.6 is 0 Å². The highest BCUT2D eigenvalue weighted by atomic mass is 32.2. The second-order valence-electron chi connectivity index (χ2n) is 5.99. The summed E-state index contributed by atoms with van der Waals surface area (Å²) in [6, 6.07) is 3.78. The lowest BCUT2D eigenvalue weighted by atomic mass is 9.91. The highest BCUT2D eigenvalue weighted by molar-refractivity contribution is 7.86. The SMILES string of the molecule is COc1ccc(C2C(C)=NN=C2N2CC(OS(C)(=O)=O)C2)c(C)n1. The molecule has 3 heterocycles. The molecule has 1 aromatic heterocycles. The van der Waals surface area contributed by atoms with Gasteiger partial charge in [0.05, 0.1) is 25.0 Å². The Hall–Kier alpha value is -2.00. The van der Waals surface area contributed by atoms with Crippen LogP contribution in [0.25, 0.3) is 0 Å². The van der Waals surface area contributed by atoms with Crippen LogP contribution in [0.4, 0.5) is 0 Å². The highest BCUT2D eigenvalue weighted by Gasteiger charge is 2.39. The van der Waals surface area contributed by atoms with E-state index in [0.717, 1.165) is 29.1 Å². The summed E-state index contributed by atoms with van der Waals surface area (Å²) in [5.74, 6) is 1.28. The first-order chi connectivity index (χ1) is 11.3. The van der Waals surface area contributed by atoms with Crippen LogP contribution in [-0.2, 0) is 14.3 Å². The Morgan fingerprint density at radius 2 is 1.92 bits per heavy atom. The molecule has 1 unspecified atom stereocenters. The smallest absolute Gasteiger partial charge is 0.264 e. The predicted molar refractivity (Wildman–Crippen MR) is 90.1 cm³/mol. The number of aromatic nitrogens is 1. The van der Waals surface area contributed by atoms with E-state index in [-0.39, 0.29) is 12.0 Å². The summed E-state index contributed by atoms with van der Waals surface area (Å²) >= 11 is 0. The second-order valence-corrected chi connectivity index (χ2v) is 7.59. The highest BCUT2D eigenvalue weighted by Crippen LogP contribution is 2.31. The maximum absolute atomic E-state index is 11.2. The molecule has 2 aliphatic heterocycles. The first kappa shape index (κ1) is 16.8. The van der Waals surface area contributed by atoms with Gasteiger partial charge in [-0.25, -0.2) is 4.98 Å². The zero-order chi connectivity index (χ0) is 17.5. The van der Waals surface area contributed by atoms with Gasteiger partial charge in [-0.15, -0.1) is 5.10 Å². The number of nitrogens with zero attached hydrogens (tertiary/aromatic N) is 4. The molecule has 2 aliphatic rings. The molecule has 1 saturated heterocycles. The van der Waals surface area contributed by atoms with Crippen molar-refractivity contribution in [3.8, 4) is 5.88 Å². The molecule has 1 fully saturated rings. The van der Waals surface area contributed by atoms with E-state index < -0.39 is 10.1 Å². The Labute approximate surface area is 141 Å². The number of ether oxygens (including phenoxy) is 1. The lowest BCUT2D eigenvalue weighted by Crippen LogP contribution is -2.56. The molecule has 8 nitrogen and oxygen atoms in total. The number of rotatable bonds is 4. The third kappa shape index (κ3) is 3.27. The van der Waals surface area contributed by atoms with Crippen LogP contribution in [0.1, 0.15) is 24.1 Å². The number of hydrogen-bond donors (Lipinski definition) is 0. The van der Waals surface area contributed by atoms with Crippen molar-refractivity contribution in [3.63, 3.8) is 0 Å². The van der Waals surface area contributed by atoms with Crippen LogP contribution in [0, 0.1) is 6.92 Å². The number of methoxy groups -OCH3 is 1. The maximum Gasteiger partial charge on any atom is 0.264 e. The molecule has 0 N–H and O–H groups in total. The lowest BCUT2D eigenvalue weighted by molar-refractivity contribution is 0.0729. The van der Waals surface area contributed by atoms with Gasteiger partial charge in [-0.05, 0) is 19.4 Å². The van der Waals surface area contributed by atoms with Gasteiger partial charge in [0.15, 0.2) is 0 Å². The Morgan fingerprint density at radius 3 is 2.50 bits per heavy atom. The standard InChI is InChI=1S/C15H20N4O4S/c1-9-12(5-6-13(16-9)22-3)14-10(2)17-18-15(14)19-7-11(8-19)23-24(4,20)21/h5-6,11,14H,7-8H2,1-4H3. The average molecular weight is 352 g/mol. The molecule has 1 atom stereocenters. The van der Waals surface area contributed by atoms with E-state index in [0.29, 0.717) is 19.0 Å². The van der Waals surface area contributed by atoms with E-state index in [4.69, 9.17) is 8.92 Å². The van der Waals surface area contributed by atoms with Gasteiger partial charge in [-0.3, -0.25) is 4.18 Å². The summed E-state index contributed by atoms with van der Waals surface area (Å²) in [6.07, 6.45) is 0.727. The van der Waals surface area contributed by atoms with Gasteiger partial charge < -0.3 is 9.64 Å². The van der Waals surface area contributed by atoms with Crippen molar-refractivity contribution in [1.82, 2.24) is 9.88 Å². The van der Waals surface area contributed by atoms with Crippen molar-refractivity contribution in [2.75, 3.05) is 26.5 Å². The zero-order valence-corrected chi connectivity index (χ0v) is 14.9. The molecule has 24 heavy (non-hydrogen) atoms. The van der Waals surface area contributed by atoms with Crippen LogP contribution < -0.4 is 4.74 Å². The predicted octanol–water partition coefficient (Wildman–Crippen LogP) is 0.931. The largest absolute Gasteiger partial charge is 0.481 e. The van der Waals surface area contributed by atoms with Gasteiger partial charge in [0.2, 0.25) is 5.88 Å². The van der Waals surface area contributed by atoms with Crippen LogP contribution in [-0.4, -0.2) is 62.4 Å². The number of likely N-dealkylation sites (tertiary alicyclic amines) is 1. The lowest BCUT2D eigenvalue weighted by Gasteiger charge is -2.41. The molecule has 0 bridgehead atoms. The Bertz CT molecular complexity index is 813. The molecule has 0 aromatic carbocycles. The van der Waals surface area contributed by atoms with Crippen LogP contribution in [0.2, 0.25) is 0 Å². The monoisotopic (exact) mass is 352 g/mol. The van der Waals surface area contributed by atoms with Crippen LogP contribution in [0.5, 0.6) is 5.88 Å². The first-order valence-corrected chi connectivity index (χ1v) is 9.37. The van der Waals surface area contributed by atoms with E-state index >= 15 is 0 Å². The Kier molecular flexibility index (Phi) is 4.31. The zero-order valence-electron chi connectivity index (χ0n) is 14.1. The normalized spacial score (nSPS) is 21.3. The average Bonchev–Trinajstić information content (AvgIpc) is 2.82. The molecule has 1 aromatic rings. The molecule has 9 heteroatoms. The number of pyridine rings is 1. The molecule has 0 saturated carbocycles. The van der Waals surface area contributed by atoms with Gasteiger partial charge >= 0.3 is 0 Å². The fourth-order valence-electron chi connectivity index (χ4n) is 2.94. The molecular formula is C15H20N4O4S. The molecule has 0 amide bonds. The second kappa shape index (κ2) is 6.14. The number of amidine groups is 1. The van der Waals surface area contributed by atoms with Crippen molar-refractivity contribution in [2.24, 2.45) is 10.2 Å². The third-order valence-corrected chi connectivity index (χ3v) is 4.71. The Balaban J connectivity index is 1.77. The first-order valence-electron chi connectivity index (χ1n) is 7.55. The summed E-state index contributed by atoms with van der Waals surface area (Å²) in [4.78, 5) is 6.41. The fraction of sp³-hybridized carbons (Fsp3) is 0.533. The molecule has 0 aliphatic carbocycles. The van der Waals surface area contributed by atoms with Crippen LogP contribution in [0.15, 0.2) is 22.3 Å². The van der Waals surface area contributed by atoms with Gasteiger partial charge in [0.1, 0.15) is 11.9 Å². The van der Waals surface area contributed by atoms with E-state index in [1.807, 2.05) is 30.9 Å². The van der Waals surface area contributed by atoms with Crippen molar-refractivity contribution >= 4 is 21.7 Å². The van der Waals surface area contributed by atoms with Crippen molar-refractivity contribution in [1.29, 1.82) is 0 Å². The van der Waals surface area contributed by atoms with E-state index in [1.54, 1.807) is 7.11 Å². The summed E-state index contributed by atoms with van der Waals surface area (Å²) in [5.41, 5.74) is 2.75. The molecule has 130 valence electrons. The summed E-state index contributed by atoms with van der Waals surface area (Å²) < 4.78 is 32.5. The number of hydrogen-bond acceptors (Lipinski definition) is 8. The summed E-state index contributed by atoms with van der Waals surface area (Å²) in [6.45, 7) is 4.81.